The molecule has 0 N–H and O–H groups in total. The van der Waals surface area contributed by atoms with E-state index in [-0.39, 0.29) is 5.54 Å². The Bertz CT molecular complexity index is 647. The van der Waals surface area contributed by atoms with Crippen molar-refractivity contribution < 1.29 is 8.42 Å². The molecule has 2 atom stereocenters. The quantitative estimate of drug-likeness (QED) is 0.818. The van der Waals surface area contributed by atoms with Crippen LogP contribution in [0.1, 0.15) is 31.7 Å². The van der Waals surface area contributed by atoms with E-state index in [1.165, 1.54) is 24.9 Å². The summed E-state index contributed by atoms with van der Waals surface area (Å²) in [5.41, 5.74) is 1.20. The highest BCUT2D eigenvalue weighted by Gasteiger charge is 2.41. The van der Waals surface area contributed by atoms with Crippen LogP contribution in [0.2, 0.25) is 0 Å². The van der Waals surface area contributed by atoms with Crippen LogP contribution in [0.4, 0.5) is 0 Å². The summed E-state index contributed by atoms with van der Waals surface area (Å²) in [4.78, 5) is 4.86. The molecule has 0 radical (unpaired) electrons. The highest BCUT2D eigenvalue weighted by Crippen LogP contribution is 2.30. The average Bonchev–Trinajstić information content (AvgIpc) is 2.83. The van der Waals surface area contributed by atoms with Gasteiger partial charge in [-0.3, -0.25) is 9.80 Å². The Kier molecular flexibility index (Phi) is 5.33. The van der Waals surface area contributed by atoms with E-state index in [1.54, 1.807) is 0 Å². The Morgan fingerprint density at radius 2 is 2.04 bits per heavy atom. The van der Waals surface area contributed by atoms with Gasteiger partial charge >= 0.3 is 0 Å². The van der Waals surface area contributed by atoms with Crippen LogP contribution in [0.5, 0.6) is 0 Å². The topological polar surface area (TPSA) is 40.6 Å². The van der Waals surface area contributed by atoms with Gasteiger partial charge in [-0.25, -0.2) is 8.42 Å². The maximum atomic E-state index is 11.9. The summed E-state index contributed by atoms with van der Waals surface area (Å²) in [5, 5.41) is 0. The van der Waals surface area contributed by atoms with Crippen molar-refractivity contribution in [1.82, 2.24) is 9.80 Å². The molecule has 0 spiro atoms. The van der Waals surface area contributed by atoms with Gasteiger partial charge < -0.3 is 0 Å². The lowest BCUT2D eigenvalue weighted by Crippen LogP contribution is -2.49. The molecular formula is C19H30N2O2S. The number of rotatable bonds is 5. The van der Waals surface area contributed by atoms with E-state index in [0.29, 0.717) is 17.4 Å². The zero-order valence-corrected chi connectivity index (χ0v) is 15.8. The second-order valence-electron chi connectivity index (χ2n) is 7.95. The monoisotopic (exact) mass is 350 g/mol. The summed E-state index contributed by atoms with van der Waals surface area (Å²) in [6.45, 7) is 6.41. The van der Waals surface area contributed by atoms with E-state index in [2.05, 4.69) is 54.1 Å². The molecule has 2 aliphatic rings. The number of sulfone groups is 1. The van der Waals surface area contributed by atoms with Gasteiger partial charge in [0, 0.05) is 25.2 Å². The lowest BCUT2D eigenvalue weighted by atomic mass is 9.93. The summed E-state index contributed by atoms with van der Waals surface area (Å²) >= 11 is 0. The number of benzene rings is 1. The van der Waals surface area contributed by atoms with Crippen molar-refractivity contribution >= 4 is 9.84 Å². The molecule has 2 heterocycles. The maximum Gasteiger partial charge on any atom is 0.152 e. The fraction of sp³-hybridized carbons (Fsp3) is 0.684. The zero-order chi connectivity index (χ0) is 17.2. The van der Waals surface area contributed by atoms with Crippen LogP contribution in [0, 0.1) is 5.92 Å². The third-order valence-corrected chi connectivity index (χ3v) is 7.68. The van der Waals surface area contributed by atoms with Crippen molar-refractivity contribution in [3.8, 4) is 0 Å². The van der Waals surface area contributed by atoms with Gasteiger partial charge in [0.05, 0.1) is 11.5 Å². The van der Waals surface area contributed by atoms with Crippen molar-refractivity contribution in [1.29, 1.82) is 0 Å². The molecule has 0 aromatic heterocycles. The zero-order valence-electron chi connectivity index (χ0n) is 14.9. The first-order valence-corrected chi connectivity index (χ1v) is 10.9. The lowest BCUT2D eigenvalue weighted by Gasteiger charge is -2.40. The molecule has 1 aromatic carbocycles. The molecular weight excluding hydrogens is 320 g/mol. The van der Waals surface area contributed by atoms with Gasteiger partial charge in [-0.15, -0.1) is 0 Å². The molecule has 2 fully saturated rings. The minimum atomic E-state index is -2.84. The molecule has 134 valence electrons. The summed E-state index contributed by atoms with van der Waals surface area (Å²) in [6, 6.07) is 10.7. The number of hydrogen-bond donors (Lipinski definition) is 0. The smallest absolute Gasteiger partial charge is 0.152 e. The number of likely N-dealkylation sites (tertiary alicyclic amines) is 1. The van der Waals surface area contributed by atoms with Crippen molar-refractivity contribution in [2.75, 3.05) is 38.2 Å². The van der Waals surface area contributed by atoms with Crippen LogP contribution >= 0.6 is 0 Å². The van der Waals surface area contributed by atoms with Gasteiger partial charge in [0.25, 0.3) is 0 Å². The Morgan fingerprint density at radius 3 is 2.71 bits per heavy atom. The van der Waals surface area contributed by atoms with Crippen LogP contribution in [0.15, 0.2) is 30.3 Å². The van der Waals surface area contributed by atoms with E-state index >= 15 is 0 Å². The summed E-state index contributed by atoms with van der Waals surface area (Å²) in [5.74, 6) is 1.29. The van der Waals surface area contributed by atoms with Crippen LogP contribution in [-0.2, 0) is 16.4 Å². The van der Waals surface area contributed by atoms with Crippen LogP contribution in [0.25, 0.3) is 0 Å². The van der Waals surface area contributed by atoms with Crippen molar-refractivity contribution in [2.24, 2.45) is 5.92 Å². The first-order valence-electron chi connectivity index (χ1n) is 9.04. The predicted molar refractivity (Wildman–Crippen MR) is 98.7 cm³/mol. The molecule has 5 heteroatoms. The Labute approximate surface area is 146 Å². The van der Waals surface area contributed by atoms with E-state index in [1.807, 2.05) is 0 Å². The molecule has 4 nitrogen and oxygen atoms in total. The molecule has 0 amide bonds. The summed E-state index contributed by atoms with van der Waals surface area (Å²) in [7, 11) is -0.735. The molecule has 24 heavy (non-hydrogen) atoms. The normalized spacial score (nSPS) is 30.7. The lowest BCUT2D eigenvalue weighted by molar-refractivity contribution is 0.0919. The Balaban J connectivity index is 1.55. The van der Waals surface area contributed by atoms with Gasteiger partial charge in [0.15, 0.2) is 9.84 Å². The first kappa shape index (κ1) is 17.9. The molecule has 2 saturated heterocycles. The maximum absolute atomic E-state index is 11.9. The van der Waals surface area contributed by atoms with Crippen molar-refractivity contribution in [3.05, 3.63) is 35.9 Å². The first-order chi connectivity index (χ1) is 11.4. The number of nitrogens with zero attached hydrogens (tertiary/aromatic N) is 2. The fourth-order valence-corrected chi connectivity index (χ4v) is 6.40. The average molecular weight is 351 g/mol. The third-order valence-electron chi connectivity index (χ3n) is 5.79. The minimum Gasteiger partial charge on any atom is -0.300 e. The second kappa shape index (κ2) is 7.14. The molecule has 2 unspecified atom stereocenters. The SMILES string of the molecule is CN(CC1CCCN(Cc2ccccc2)C1)C1(C)CCS(=O)(=O)C1. The van der Waals surface area contributed by atoms with Gasteiger partial charge in [0.2, 0.25) is 0 Å². The van der Waals surface area contributed by atoms with E-state index in [4.69, 9.17) is 0 Å². The number of hydrogen-bond acceptors (Lipinski definition) is 4. The van der Waals surface area contributed by atoms with Gasteiger partial charge in [-0.05, 0) is 51.3 Å². The fourth-order valence-electron chi connectivity index (χ4n) is 4.19. The minimum absolute atomic E-state index is 0.180. The summed E-state index contributed by atoms with van der Waals surface area (Å²) < 4.78 is 23.7. The van der Waals surface area contributed by atoms with Crippen molar-refractivity contribution in [3.63, 3.8) is 0 Å². The molecule has 0 bridgehead atoms. The molecule has 2 aliphatic heterocycles. The molecule has 3 rings (SSSR count). The van der Waals surface area contributed by atoms with Crippen molar-refractivity contribution in [2.45, 2.75) is 38.3 Å². The standard InChI is InChI=1S/C19H30N2O2S/c1-19(10-12-24(22,23)16-19)20(2)13-18-9-6-11-21(15-18)14-17-7-4-3-5-8-17/h3-5,7-8,18H,6,9-16H2,1-2H3. The largest absolute Gasteiger partial charge is 0.300 e. The third kappa shape index (κ3) is 4.38. The van der Waals surface area contributed by atoms with Crippen LogP contribution in [-0.4, -0.2) is 61.9 Å². The van der Waals surface area contributed by atoms with Crippen LogP contribution in [0.3, 0.4) is 0 Å². The highest BCUT2D eigenvalue weighted by molar-refractivity contribution is 7.91. The van der Waals surface area contributed by atoms with E-state index in [0.717, 1.165) is 26.1 Å². The Morgan fingerprint density at radius 1 is 1.29 bits per heavy atom. The molecule has 1 aromatic rings. The van der Waals surface area contributed by atoms with Gasteiger partial charge in [-0.2, -0.15) is 0 Å². The van der Waals surface area contributed by atoms with Gasteiger partial charge in [-0.1, -0.05) is 30.3 Å². The summed E-state index contributed by atoms with van der Waals surface area (Å²) in [6.07, 6.45) is 3.26. The molecule has 0 aliphatic carbocycles. The van der Waals surface area contributed by atoms with E-state index in [9.17, 15) is 8.42 Å². The number of piperidine rings is 1. The second-order valence-corrected chi connectivity index (χ2v) is 10.1. The van der Waals surface area contributed by atoms with E-state index < -0.39 is 9.84 Å². The predicted octanol–water partition coefficient (Wildman–Crippen LogP) is 2.41. The van der Waals surface area contributed by atoms with Gasteiger partial charge in [0.1, 0.15) is 0 Å². The Hall–Kier alpha value is -0.910. The van der Waals surface area contributed by atoms with Crippen LogP contribution < -0.4 is 0 Å². The highest BCUT2D eigenvalue weighted by atomic mass is 32.2. The molecule has 0 saturated carbocycles.